The van der Waals surface area contributed by atoms with Gasteiger partial charge in [0, 0.05) is 6.42 Å². The standard InChI is InChI=1S/C3H6ClF3Si.CH4/c4-8-2-1-3(5,6)7;/h1-2,8H2;1H4. The number of alkyl halides is 3. The molecule has 0 unspecified atom stereocenters. The minimum absolute atomic E-state index is 0. The number of hydrogen-bond donors (Lipinski definition) is 0. The summed E-state index contributed by atoms with van der Waals surface area (Å²) in [5.74, 6) is 0. The second-order valence-corrected chi connectivity index (χ2v) is 3.63. The van der Waals surface area contributed by atoms with E-state index in [1.54, 1.807) is 0 Å². The van der Waals surface area contributed by atoms with Crippen molar-refractivity contribution in [3.8, 4) is 0 Å². The zero-order chi connectivity index (χ0) is 6.62. The molecule has 0 aromatic heterocycles. The number of rotatable bonds is 2. The predicted octanol–water partition coefficient (Wildman–Crippen LogP) is 2.32. The van der Waals surface area contributed by atoms with Gasteiger partial charge in [0.1, 0.15) is 8.83 Å². The normalized spacial score (nSPS) is 12.0. The van der Waals surface area contributed by atoms with E-state index in [1.165, 1.54) is 0 Å². The monoisotopic (exact) mass is 178 g/mol. The van der Waals surface area contributed by atoms with Crippen LogP contribution in [-0.4, -0.2) is 15.0 Å². The molecule has 0 rings (SSSR count). The van der Waals surface area contributed by atoms with E-state index < -0.39 is 21.4 Å². The van der Waals surface area contributed by atoms with Crippen LogP contribution < -0.4 is 0 Å². The van der Waals surface area contributed by atoms with E-state index in [0.29, 0.717) is 0 Å². The second-order valence-electron chi connectivity index (χ2n) is 1.41. The third kappa shape index (κ3) is 11.7. The lowest BCUT2D eigenvalue weighted by molar-refractivity contribution is -0.130. The highest BCUT2D eigenvalue weighted by molar-refractivity contribution is 6.93. The first-order valence-corrected chi connectivity index (χ1v) is 5.33. The van der Waals surface area contributed by atoms with Gasteiger partial charge >= 0.3 is 6.18 Å². The van der Waals surface area contributed by atoms with Crippen molar-refractivity contribution in [3.63, 3.8) is 0 Å². The van der Waals surface area contributed by atoms with Crippen molar-refractivity contribution in [1.29, 1.82) is 0 Å². The summed E-state index contributed by atoms with van der Waals surface area (Å²) in [5.41, 5.74) is 0. The molecule has 0 heterocycles. The Bertz CT molecular complexity index is 63.3. The van der Waals surface area contributed by atoms with Gasteiger partial charge in [-0.25, -0.2) is 0 Å². The molecular formula is C4H10ClF3Si. The molecule has 0 atom stereocenters. The van der Waals surface area contributed by atoms with E-state index in [0.717, 1.165) is 0 Å². The molecule has 0 N–H and O–H groups in total. The minimum Gasteiger partial charge on any atom is -0.176 e. The topological polar surface area (TPSA) is 0 Å². The molecule has 0 spiro atoms. The summed E-state index contributed by atoms with van der Waals surface area (Å²) in [5, 5.41) is 0. The van der Waals surface area contributed by atoms with Gasteiger partial charge in [0.25, 0.3) is 0 Å². The zero-order valence-electron chi connectivity index (χ0n) is 4.13. The van der Waals surface area contributed by atoms with Gasteiger partial charge in [-0.05, 0) is 6.04 Å². The third-order valence-electron chi connectivity index (χ3n) is 0.594. The molecule has 0 bridgehead atoms. The summed E-state index contributed by atoms with van der Waals surface area (Å²) in [6, 6.07) is 0.158. The molecule has 0 saturated heterocycles. The Morgan fingerprint density at radius 3 is 1.89 bits per heavy atom. The van der Waals surface area contributed by atoms with Crippen LogP contribution in [-0.2, 0) is 0 Å². The van der Waals surface area contributed by atoms with E-state index >= 15 is 0 Å². The van der Waals surface area contributed by atoms with Crippen molar-refractivity contribution in [2.75, 3.05) is 0 Å². The summed E-state index contributed by atoms with van der Waals surface area (Å²) < 4.78 is 33.6. The van der Waals surface area contributed by atoms with Crippen LogP contribution in [0.3, 0.4) is 0 Å². The molecule has 0 aromatic rings. The molecule has 0 aromatic carbocycles. The largest absolute Gasteiger partial charge is 0.388 e. The van der Waals surface area contributed by atoms with Crippen LogP contribution in [0.4, 0.5) is 13.2 Å². The average molecular weight is 179 g/mol. The van der Waals surface area contributed by atoms with Crippen LogP contribution in [0.1, 0.15) is 13.8 Å². The zero-order valence-corrected chi connectivity index (χ0v) is 6.30. The Morgan fingerprint density at radius 1 is 1.33 bits per heavy atom. The highest BCUT2D eigenvalue weighted by Crippen LogP contribution is 2.21. The van der Waals surface area contributed by atoms with Crippen LogP contribution in [0, 0.1) is 0 Å². The maximum Gasteiger partial charge on any atom is 0.388 e. The van der Waals surface area contributed by atoms with E-state index in [2.05, 4.69) is 0 Å². The van der Waals surface area contributed by atoms with Gasteiger partial charge in [-0.2, -0.15) is 24.3 Å². The lowest BCUT2D eigenvalue weighted by Gasteiger charge is -2.01. The van der Waals surface area contributed by atoms with Crippen molar-refractivity contribution in [1.82, 2.24) is 0 Å². The fourth-order valence-electron chi connectivity index (χ4n) is 0.267. The first kappa shape index (κ1) is 12.0. The lowest BCUT2D eigenvalue weighted by Crippen LogP contribution is -2.06. The van der Waals surface area contributed by atoms with Crippen molar-refractivity contribution in [3.05, 3.63) is 0 Å². The highest BCUT2D eigenvalue weighted by atomic mass is 35.6. The molecule has 58 valence electrons. The summed E-state index contributed by atoms with van der Waals surface area (Å²) in [4.78, 5) is 0. The Hall–Kier alpha value is 0.297. The fourth-order valence-corrected chi connectivity index (χ4v) is 1.20. The van der Waals surface area contributed by atoms with E-state index in [4.69, 9.17) is 11.1 Å². The summed E-state index contributed by atoms with van der Waals surface area (Å²) >= 11 is 5.15. The van der Waals surface area contributed by atoms with E-state index in [9.17, 15) is 13.2 Å². The van der Waals surface area contributed by atoms with Gasteiger partial charge in [-0.1, -0.05) is 7.43 Å². The van der Waals surface area contributed by atoms with Crippen molar-refractivity contribution in [2.45, 2.75) is 26.1 Å². The summed E-state index contributed by atoms with van der Waals surface area (Å²) in [7, 11) is -0.914. The SMILES string of the molecule is C.FC(F)(F)CC[SiH2]Cl. The molecule has 0 aliphatic heterocycles. The average Bonchev–Trinajstić information content (AvgIpc) is 1.59. The van der Waals surface area contributed by atoms with Crippen LogP contribution >= 0.6 is 11.1 Å². The van der Waals surface area contributed by atoms with Crippen molar-refractivity contribution < 1.29 is 13.2 Å². The summed E-state index contributed by atoms with van der Waals surface area (Å²) in [6.45, 7) is 0. The van der Waals surface area contributed by atoms with Gasteiger partial charge in [0.2, 0.25) is 0 Å². The van der Waals surface area contributed by atoms with Crippen LogP contribution in [0.5, 0.6) is 0 Å². The van der Waals surface area contributed by atoms with Crippen LogP contribution in [0.25, 0.3) is 0 Å². The van der Waals surface area contributed by atoms with E-state index in [-0.39, 0.29) is 13.5 Å². The lowest BCUT2D eigenvalue weighted by atomic mass is 10.5. The Kier molecular flexibility index (Phi) is 6.83. The van der Waals surface area contributed by atoms with Crippen molar-refractivity contribution in [2.24, 2.45) is 0 Å². The molecule has 0 saturated carbocycles. The van der Waals surface area contributed by atoms with Crippen LogP contribution in [0.2, 0.25) is 6.04 Å². The van der Waals surface area contributed by atoms with Crippen molar-refractivity contribution >= 4 is 19.9 Å². The number of hydrogen-bond acceptors (Lipinski definition) is 0. The molecule has 0 aliphatic carbocycles. The molecule has 0 fully saturated rings. The maximum absolute atomic E-state index is 11.2. The fraction of sp³-hybridized carbons (Fsp3) is 1.00. The number of halogens is 4. The highest BCUT2D eigenvalue weighted by Gasteiger charge is 2.25. The molecule has 0 nitrogen and oxygen atoms in total. The smallest absolute Gasteiger partial charge is 0.176 e. The quantitative estimate of drug-likeness (QED) is 0.450. The van der Waals surface area contributed by atoms with Crippen LogP contribution in [0.15, 0.2) is 0 Å². The first-order chi connectivity index (χ1) is 3.56. The Balaban J connectivity index is 0. The first-order valence-electron chi connectivity index (χ1n) is 2.19. The molecule has 0 aliphatic rings. The molecule has 0 amide bonds. The van der Waals surface area contributed by atoms with Gasteiger partial charge in [0.15, 0.2) is 0 Å². The third-order valence-corrected chi connectivity index (χ3v) is 2.02. The van der Waals surface area contributed by atoms with Gasteiger partial charge in [-0.3, -0.25) is 0 Å². The van der Waals surface area contributed by atoms with E-state index in [1.807, 2.05) is 0 Å². The molecule has 0 radical (unpaired) electrons. The maximum atomic E-state index is 11.2. The second kappa shape index (κ2) is 5.11. The van der Waals surface area contributed by atoms with Gasteiger partial charge in [-0.15, -0.1) is 0 Å². The predicted molar refractivity (Wildman–Crippen MR) is 36.6 cm³/mol. The molecule has 9 heavy (non-hydrogen) atoms. The summed E-state index contributed by atoms with van der Waals surface area (Å²) in [6.07, 6.45) is -4.70. The Labute approximate surface area is 59.9 Å². The Morgan fingerprint density at radius 2 is 1.78 bits per heavy atom. The van der Waals surface area contributed by atoms with Gasteiger partial charge in [0.05, 0.1) is 0 Å². The van der Waals surface area contributed by atoms with Gasteiger partial charge < -0.3 is 0 Å². The minimum atomic E-state index is -4.00. The molecular weight excluding hydrogens is 169 g/mol. The molecule has 5 heteroatoms.